The lowest BCUT2D eigenvalue weighted by atomic mass is 9.95. The molecule has 0 spiro atoms. The molecule has 2 aliphatic rings. The smallest absolute Gasteiger partial charge is 0.242 e. The molecule has 4 rings (SSSR count). The summed E-state index contributed by atoms with van der Waals surface area (Å²) in [5, 5.41) is 7.15. The first-order valence-corrected chi connectivity index (χ1v) is 11.7. The molecule has 1 aromatic heterocycles. The van der Waals surface area contributed by atoms with Crippen molar-refractivity contribution in [3.63, 3.8) is 0 Å². The van der Waals surface area contributed by atoms with Gasteiger partial charge in [-0.1, -0.05) is 42.7 Å². The van der Waals surface area contributed by atoms with E-state index in [1.807, 2.05) is 41.0 Å². The highest BCUT2D eigenvalue weighted by Gasteiger charge is 2.30. The van der Waals surface area contributed by atoms with Gasteiger partial charge in [0.25, 0.3) is 0 Å². The van der Waals surface area contributed by atoms with Crippen molar-refractivity contribution in [3.05, 3.63) is 34.6 Å². The fourth-order valence-corrected chi connectivity index (χ4v) is 4.74. The number of aromatic nitrogens is 3. The number of benzene rings is 1. The summed E-state index contributed by atoms with van der Waals surface area (Å²) in [5.41, 5.74) is 2.09. The first kappa shape index (κ1) is 21.7. The maximum absolute atomic E-state index is 13.0. The van der Waals surface area contributed by atoms with Gasteiger partial charge in [-0.25, -0.2) is 0 Å². The van der Waals surface area contributed by atoms with Gasteiger partial charge in [0, 0.05) is 37.7 Å². The van der Waals surface area contributed by atoms with Crippen LogP contribution in [0.3, 0.4) is 0 Å². The number of piperidine rings is 1. The average Bonchev–Trinajstić information content (AvgIpc) is 2.98. The van der Waals surface area contributed by atoms with E-state index in [1.54, 1.807) is 4.57 Å². The molecular formula is C23H31N5O2S. The monoisotopic (exact) mass is 441 g/mol. The Morgan fingerprint density at radius 2 is 1.65 bits per heavy atom. The van der Waals surface area contributed by atoms with Gasteiger partial charge in [0.2, 0.25) is 11.8 Å². The molecule has 166 valence electrons. The summed E-state index contributed by atoms with van der Waals surface area (Å²) in [6.07, 6.45) is 6.14. The summed E-state index contributed by atoms with van der Waals surface area (Å²) in [5.74, 6) is 1.02. The Morgan fingerprint density at radius 3 is 2.29 bits per heavy atom. The number of H-pyrrole nitrogens is 1. The number of hydrogen-bond acceptors (Lipinski definition) is 4. The Morgan fingerprint density at radius 1 is 1.00 bits per heavy atom. The molecule has 2 aromatic rings. The summed E-state index contributed by atoms with van der Waals surface area (Å²) in [7, 11) is 0. The number of carbonyl (C=O) groups is 2. The van der Waals surface area contributed by atoms with Gasteiger partial charge in [0.15, 0.2) is 10.6 Å². The number of nitrogens with zero attached hydrogens (tertiary/aromatic N) is 4. The number of likely N-dealkylation sites (tertiary alicyclic amines) is 2. The Bertz CT molecular complexity index is 965. The minimum Gasteiger partial charge on any atom is -0.342 e. The lowest BCUT2D eigenvalue weighted by Crippen LogP contribution is -2.45. The molecule has 2 fully saturated rings. The van der Waals surface area contributed by atoms with Crippen molar-refractivity contribution in [2.75, 3.05) is 26.2 Å². The van der Waals surface area contributed by atoms with E-state index in [1.165, 1.54) is 12.8 Å². The molecule has 8 heteroatoms. The van der Waals surface area contributed by atoms with Gasteiger partial charge < -0.3 is 9.80 Å². The number of carbonyl (C=O) groups excluding carboxylic acids is 2. The topological polar surface area (TPSA) is 74.2 Å². The zero-order valence-electron chi connectivity index (χ0n) is 18.2. The number of aryl methyl sites for hydroxylation is 1. The SMILES string of the molecule is Cc1ccc(-c2n[nH]c(=S)n2CC(=O)N2CCC(C(=O)N3CCCCCC3)CC2)cc1. The van der Waals surface area contributed by atoms with Crippen LogP contribution in [0.15, 0.2) is 24.3 Å². The summed E-state index contributed by atoms with van der Waals surface area (Å²) < 4.78 is 2.20. The third-order valence-corrected chi connectivity index (χ3v) is 6.79. The molecule has 2 amide bonds. The maximum Gasteiger partial charge on any atom is 0.242 e. The molecule has 0 unspecified atom stereocenters. The van der Waals surface area contributed by atoms with Crippen molar-refractivity contribution in [1.29, 1.82) is 0 Å². The molecule has 31 heavy (non-hydrogen) atoms. The van der Waals surface area contributed by atoms with Crippen LogP contribution < -0.4 is 0 Å². The van der Waals surface area contributed by atoms with Crippen molar-refractivity contribution in [2.45, 2.75) is 52.0 Å². The van der Waals surface area contributed by atoms with Crippen molar-refractivity contribution in [3.8, 4) is 11.4 Å². The van der Waals surface area contributed by atoms with Crippen LogP contribution in [-0.4, -0.2) is 62.6 Å². The van der Waals surface area contributed by atoms with E-state index in [-0.39, 0.29) is 24.3 Å². The van der Waals surface area contributed by atoms with E-state index >= 15 is 0 Å². The van der Waals surface area contributed by atoms with Crippen LogP contribution in [0.5, 0.6) is 0 Å². The zero-order valence-corrected chi connectivity index (χ0v) is 19.0. The molecule has 0 atom stereocenters. The summed E-state index contributed by atoms with van der Waals surface area (Å²) in [6.45, 7) is 5.20. The van der Waals surface area contributed by atoms with Gasteiger partial charge in [-0.05, 0) is 44.8 Å². The van der Waals surface area contributed by atoms with Crippen molar-refractivity contribution < 1.29 is 9.59 Å². The molecule has 0 saturated carbocycles. The highest BCUT2D eigenvalue weighted by atomic mass is 32.1. The quantitative estimate of drug-likeness (QED) is 0.737. The van der Waals surface area contributed by atoms with E-state index in [2.05, 4.69) is 10.2 Å². The summed E-state index contributed by atoms with van der Waals surface area (Å²) in [6, 6.07) is 8.01. The number of hydrogen-bond donors (Lipinski definition) is 1. The Hall–Kier alpha value is -2.48. The normalized spacial score (nSPS) is 18.1. The minimum absolute atomic E-state index is 0.0199. The predicted molar refractivity (Wildman–Crippen MR) is 122 cm³/mol. The largest absolute Gasteiger partial charge is 0.342 e. The molecule has 1 aromatic carbocycles. The molecule has 3 heterocycles. The Kier molecular flexibility index (Phi) is 6.85. The molecule has 2 aliphatic heterocycles. The van der Waals surface area contributed by atoms with Gasteiger partial charge in [0.05, 0.1) is 0 Å². The standard InChI is InChI=1S/C23H31N5O2S/c1-17-6-8-18(9-7-17)21-24-25-23(31)28(21)16-20(29)26-14-10-19(11-15-26)22(30)27-12-4-2-3-5-13-27/h6-9,19H,2-5,10-16H2,1H3,(H,25,31). The lowest BCUT2D eigenvalue weighted by Gasteiger charge is -2.34. The highest BCUT2D eigenvalue weighted by molar-refractivity contribution is 7.71. The number of aromatic amines is 1. The Balaban J connectivity index is 1.37. The van der Waals surface area contributed by atoms with E-state index in [0.29, 0.717) is 23.7 Å². The third-order valence-electron chi connectivity index (χ3n) is 6.48. The fraction of sp³-hybridized carbons (Fsp3) is 0.565. The molecule has 1 N–H and O–H groups in total. The van der Waals surface area contributed by atoms with Gasteiger partial charge >= 0.3 is 0 Å². The second-order valence-corrected chi connectivity index (χ2v) is 9.09. The van der Waals surface area contributed by atoms with Gasteiger partial charge in [-0.3, -0.25) is 19.3 Å². The van der Waals surface area contributed by atoms with Crippen LogP contribution in [0.4, 0.5) is 0 Å². The molecule has 0 aliphatic carbocycles. The van der Waals surface area contributed by atoms with E-state index < -0.39 is 0 Å². The van der Waals surface area contributed by atoms with Crippen LogP contribution in [0.25, 0.3) is 11.4 Å². The molecule has 0 radical (unpaired) electrons. The first-order valence-electron chi connectivity index (χ1n) is 11.3. The molecule has 2 saturated heterocycles. The summed E-state index contributed by atoms with van der Waals surface area (Å²) in [4.78, 5) is 29.8. The first-order chi connectivity index (χ1) is 15.0. The predicted octanol–water partition coefficient (Wildman–Crippen LogP) is 3.56. The van der Waals surface area contributed by atoms with E-state index in [9.17, 15) is 9.59 Å². The van der Waals surface area contributed by atoms with Crippen LogP contribution in [0.2, 0.25) is 0 Å². The zero-order chi connectivity index (χ0) is 21.8. The van der Waals surface area contributed by atoms with E-state index in [4.69, 9.17) is 12.2 Å². The molecule has 0 bridgehead atoms. The molecular weight excluding hydrogens is 410 g/mol. The van der Waals surface area contributed by atoms with Crippen LogP contribution in [0, 0.1) is 17.6 Å². The fourth-order valence-electron chi connectivity index (χ4n) is 4.55. The lowest BCUT2D eigenvalue weighted by molar-refractivity contribution is -0.141. The van der Waals surface area contributed by atoms with Crippen LogP contribution >= 0.6 is 12.2 Å². The van der Waals surface area contributed by atoms with Crippen LogP contribution in [0.1, 0.15) is 44.1 Å². The second kappa shape index (κ2) is 9.77. The highest BCUT2D eigenvalue weighted by Crippen LogP contribution is 2.23. The maximum atomic E-state index is 13.0. The average molecular weight is 442 g/mol. The third kappa shape index (κ3) is 5.06. The van der Waals surface area contributed by atoms with E-state index in [0.717, 1.165) is 49.9 Å². The number of rotatable bonds is 4. The van der Waals surface area contributed by atoms with Gasteiger partial charge in [0.1, 0.15) is 6.54 Å². The van der Waals surface area contributed by atoms with Crippen LogP contribution in [-0.2, 0) is 16.1 Å². The van der Waals surface area contributed by atoms with Gasteiger partial charge in [-0.2, -0.15) is 5.10 Å². The molecule has 7 nitrogen and oxygen atoms in total. The minimum atomic E-state index is 0.0199. The number of amides is 2. The van der Waals surface area contributed by atoms with Gasteiger partial charge in [-0.15, -0.1) is 0 Å². The second-order valence-electron chi connectivity index (χ2n) is 8.70. The van der Waals surface area contributed by atoms with Crippen molar-refractivity contribution >= 4 is 24.0 Å². The van der Waals surface area contributed by atoms with Crippen molar-refractivity contribution in [2.24, 2.45) is 5.92 Å². The van der Waals surface area contributed by atoms with Crippen molar-refractivity contribution in [1.82, 2.24) is 24.6 Å². The summed E-state index contributed by atoms with van der Waals surface area (Å²) >= 11 is 5.38. The number of nitrogens with one attached hydrogen (secondary N) is 1. The Labute approximate surface area is 188 Å².